The van der Waals surface area contributed by atoms with Gasteiger partial charge in [-0.05, 0) is 87.7 Å². The van der Waals surface area contributed by atoms with E-state index in [0.29, 0.717) is 10.9 Å². The number of ether oxygens (including phenoxy) is 1. The van der Waals surface area contributed by atoms with E-state index in [2.05, 4.69) is 25.9 Å². The van der Waals surface area contributed by atoms with E-state index < -0.39 is 53.1 Å². The number of carbonyl (C=O) groups is 3. The Morgan fingerprint density at radius 2 is 1.76 bits per heavy atom. The summed E-state index contributed by atoms with van der Waals surface area (Å²) in [7, 11) is 0. The Hall–Kier alpha value is -5.31. The molecule has 4 aromatic rings. The smallest absolute Gasteiger partial charge is 0.424 e. The fourth-order valence-electron chi connectivity index (χ4n) is 5.58. The summed E-state index contributed by atoms with van der Waals surface area (Å²) in [6, 6.07) is 9.35. The average molecular weight is 681 g/mol. The lowest BCUT2D eigenvalue weighted by molar-refractivity contribution is -0.265. The minimum atomic E-state index is -5.40. The molecule has 15 heteroatoms. The van der Waals surface area contributed by atoms with Crippen LogP contribution in [0.15, 0.2) is 54.7 Å². The van der Waals surface area contributed by atoms with Crippen molar-refractivity contribution in [3.63, 3.8) is 0 Å². The monoisotopic (exact) mass is 680 g/mol. The molecule has 11 nitrogen and oxygen atoms in total. The Balaban J connectivity index is 1.38. The lowest BCUT2D eigenvalue weighted by Gasteiger charge is -2.31. The Bertz CT molecular complexity index is 2020. The first-order valence-electron chi connectivity index (χ1n) is 15.2. The third-order valence-corrected chi connectivity index (χ3v) is 8.98. The molecule has 4 amide bonds. The van der Waals surface area contributed by atoms with Gasteiger partial charge in [-0.25, -0.2) is 14.2 Å². The molecule has 1 aliphatic heterocycles. The number of primary amides is 1. The molecule has 0 bridgehead atoms. The third kappa shape index (κ3) is 6.21. The molecule has 0 saturated heterocycles. The number of nitrogens with two attached hydrogens (primary N) is 1. The van der Waals surface area contributed by atoms with Gasteiger partial charge in [0.05, 0.1) is 23.4 Å². The Labute approximate surface area is 277 Å². The van der Waals surface area contributed by atoms with Gasteiger partial charge in [0.2, 0.25) is 11.5 Å². The number of halogens is 4. The number of anilines is 1. The molecule has 3 heterocycles. The molecule has 0 radical (unpaired) electrons. The summed E-state index contributed by atoms with van der Waals surface area (Å²) in [5, 5.41) is 19.5. The van der Waals surface area contributed by atoms with Gasteiger partial charge in [-0.15, -0.1) is 0 Å². The first kappa shape index (κ1) is 33.6. The number of amides is 4. The van der Waals surface area contributed by atoms with Gasteiger partial charge in [0, 0.05) is 33.8 Å². The van der Waals surface area contributed by atoms with E-state index in [1.54, 1.807) is 19.2 Å². The second-order valence-electron chi connectivity index (χ2n) is 13.0. The summed E-state index contributed by atoms with van der Waals surface area (Å²) in [4.78, 5) is 47.2. The number of aliphatic hydroxyl groups is 1. The van der Waals surface area contributed by atoms with Gasteiger partial charge >= 0.3 is 12.2 Å². The van der Waals surface area contributed by atoms with Crippen LogP contribution in [-0.2, 0) is 15.8 Å². The predicted octanol–water partition coefficient (Wildman–Crippen LogP) is 4.73. The van der Waals surface area contributed by atoms with Gasteiger partial charge in [0.15, 0.2) is 0 Å². The number of nitrogens with zero attached hydrogens (tertiary/aromatic N) is 2. The normalized spacial score (nSPS) is 18.9. The highest BCUT2D eigenvalue weighted by atomic mass is 19.4. The molecular formula is C34H32F4N6O5. The van der Waals surface area contributed by atoms with E-state index >= 15 is 0 Å². The zero-order valence-electron chi connectivity index (χ0n) is 26.6. The van der Waals surface area contributed by atoms with Crippen LogP contribution in [0.5, 0.6) is 5.75 Å². The van der Waals surface area contributed by atoms with Gasteiger partial charge in [0.25, 0.3) is 5.91 Å². The van der Waals surface area contributed by atoms with Crippen LogP contribution in [-0.4, -0.2) is 57.8 Å². The molecule has 49 heavy (non-hydrogen) atoms. The van der Waals surface area contributed by atoms with Crippen molar-refractivity contribution in [2.24, 2.45) is 5.73 Å². The van der Waals surface area contributed by atoms with E-state index in [1.165, 1.54) is 31.2 Å². The number of nitrogens with one attached hydrogen (secondary N) is 3. The maximum atomic E-state index is 14.9. The van der Waals surface area contributed by atoms with E-state index in [1.807, 2.05) is 6.92 Å². The summed E-state index contributed by atoms with van der Waals surface area (Å²) in [6.45, 7) is 3.29. The SMILES string of the molecule is Cc1cnc2c(NC(=O)NC3(C)CC3)cc(C(=O)NC[C@](O)(c3cc4c(c(-c5ccc(F)cc5)n3)OC[C@]4(C)C(N)=O)C(F)(F)F)cc2c1. The Morgan fingerprint density at radius 3 is 2.39 bits per heavy atom. The number of carbonyl (C=O) groups excluding carboxylic acids is 3. The van der Waals surface area contributed by atoms with Crippen molar-refractivity contribution in [3.8, 4) is 17.0 Å². The molecule has 2 aromatic heterocycles. The largest absolute Gasteiger partial charge is 0.489 e. The number of fused-ring (bicyclic) bond motifs is 2. The lowest BCUT2D eigenvalue weighted by Crippen LogP contribution is -2.51. The zero-order chi connectivity index (χ0) is 35.5. The van der Waals surface area contributed by atoms with E-state index in [4.69, 9.17) is 10.5 Å². The molecule has 0 unspecified atom stereocenters. The molecule has 1 saturated carbocycles. The van der Waals surface area contributed by atoms with Crippen molar-refractivity contribution in [3.05, 3.63) is 82.9 Å². The summed E-state index contributed by atoms with van der Waals surface area (Å²) < 4.78 is 64.0. The maximum Gasteiger partial charge on any atom is 0.424 e. The quantitative estimate of drug-likeness (QED) is 0.168. The second-order valence-corrected chi connectivity index (χ2v) is 13.0. The zero-order valence-corrected chi connectivity index (χ0v) is 26.6. The summed E-state index contributed by atoms with van der Waals surface area (Å²) in [5.41, 5.74) is -0.103. The van der Waals surface area contributed by atoms with Crippen LogP contribution >= 0.6 is 0 Å². The van der Waals surface area contributed by atoms with Crippen molar-refractivity contribution in [2.75, 3.05) is 18.5 Å². The molecule has 2 atom stereocenters. The highest BCUT2D eigenvalue weighted by molar-refractivity contribution is 6.06. The Morgan fingerprint density at radius 1 is 1.06 bits per heavy atom. The van der Waals surface area contributed by atoms with Crippen LogP contribution in [0.1, 0.15) is 53.9 Å². The fraction of sp³-hybridized carbons (Fsp3) is 0.324. The topological polar surface area (TPSA) is 169 Å². The molecule has 1 fully saturated rings. The van der Waals surface area contributed by atoms with Crippen molar-refractivity contribution in [1.82, 2.24) is 20.6 Å². The minimum Gasteiger partial charge on any atom is -0.489 e. The molecule has 0 spiro atoms. The second kappa shape index (κ2) is 11.7. The molecule has 2 aromatic carbocycles. The molecule has 2 aliphatic rings. The van der Waals surface area contributed by atoms with Gasteiger partial charge in [-0.3, -0.25) is 14.6 Å². The fourth-order valence-corrected chi connectivity index (χ4v) is 5.58. The third-order valence-electron chi connectivity index (χ3n) is 8.98. The van der Waals surface area contributed by atoms with Crippen LogP contribution < -0.4 is 26.4 Å². The van der Waals surface area contributed by atoms with Crippen LogP contribution in [0.4, 0.5) is 28.0 Å². The predicted molar refractivity (Wildman–Crippen MR) is 170 cm³/mol. The van der Waals surface area contributed by atoms with Gasteiger partial charge in [-0.1, -0.05) is 0 Å². The van der Waals surface area contributed by atoms with Crippen molar-refractivity contribution in [1.29, 1.82) is 0 Å². The number of pyridine rings is 2. The van der Waals surface area contributed by atoms with Crippen molar-refractivity contribution >= 4 is 34.4 Å². The number of rotatable bonds is 8. The highest BCUT2D eigenvalue weighted by Gasteiger charge is 2.57. The standard InChI is InChI=1S/C34H32F4N6O5/c1-17-10-19-11-20(12-23(25(19)40-14-17)42-30(47)44-31(2)8-9-31)28(45)41-15-33(48,34(36,37)38)24-13-22-27(49-16-32(22,3)29(39)46)26(43-24)18-4-6-21(35)7-5-18/h4-7,10-14,48H,8-9,15-16H2,1-3H3,(H2,39,46)(H,41,45)(H2,42,44,47)/t32-,33-/m0/s1. The van der Waals surface area contributed by atoms with Crippen molar-refractivity contribution in [2.45, 2.75) is 56.3 Å². The number of alkyl halides is 3. The number of benzene rings is 2. The minimum absolute atomic E-state index is 0.0509. The number of urea groups is 1. The number of aromatic nitrogens is 2. The molecule has 256 valence electrons. The Kier molecular flexibility index (Phi) is 8.01. The first-order valence-corrected chi connectivity index (χ1v) is 15.2. The summed E-state index contributed by atoms with van der Waals surface area (Å²) in [6.07, 6.45) is -2.25. The molecule has 1 aliphatic carbocycles. The van der Waals surface area contributed by atoms with E-state index in [9.17, 15) is 37.1 Å². The van der Waals surface area contributed by atoms with E-state index in [0.717, 1.165) is 36.6 Å². The number of hydrogen-bond acceptors (Lipinski definition) is 7. The van der Waals surface area contributed by atoms with Gasteiger partial charge in [0.1, 0.15) is 29.3 Å². The van der Waals surface area contributed by atoms with Crippen LogP contribution in [0.2, 0.25) is 0 Å². The molecule has 6 N–H and O–H groups in total. The first-order chi connectivity index (χ1) is 22.9. The molecular weight excluding hydrogens is 648 g/mol. The summed E-state index contributed by atoms with van der Waals surface area (Å²) in [5.74, 6) is -2.58. The van der Waals surface area contributed by atoms with Crippen LogP contribution in [0.25, 0.3) is 22.2 Å². The molecule has 6 rings (SSSR count). The average Bonchev–Trinajstić information content (AvgIpc) is 3.65. The number of aryl methyl sites for hydroxylation is 1. The highest BCUT2D eigenvalue weighted by Crippen LogP contribution is 2.47. The number of hydrogen-bond donors (Lipinski definition) is 5. The van der Waals surface area contributed by atoms with Crippen molar-refractivity contribution < 1.29 is 41.8 Å². The summed E-state index contributed by atoms with van der Waals surface area (Å²) >= 11 is 0. The maximum absolute atomic E-state index is 14.9. The lowest BCUT2D eigenvalue weighted by atomic mass is 9.81. The van der Waals surface area contributed by atoms with Gasteiger partial charge in [-0.2, -0.15) is 13.2 Å². The van der Waals surface area contributed by atoms with Gasteiger partial charge < -0.3 is 31.5 Å². The van der Waals surface area contributed by atoms with E-state index in [-0.39, 0.29) is 46.0 Å². The van der Waals surface area contributed by atoms with Crippen LogP contribution in [0.3, 0.4) is 0 Å². The van der Waals surface area contributed by atoms with Crippen LogP contribution in [0, 0.1) is 12.7 Å².